The van der Waals surface area contributed by atoms with Gasteiger partial charge < -0.3 is 9.67 Å². The Bertz CT molecular complexity index is 874. The summed E-state index contributed by atoms with van der Waals surface area (Å²) in [7, 11) is 0. The highest BCUT2D eigenvalue weighted by molar-refractivity contribution is 9.10. The van der Waals surface area contributed by atoms with Crippen LogP contribution in [0.15, 0.2) is 15.3 Å². The summed E-state index contributed by atoms with van der Waals surface area (Å²) < 4.78 is 15.9. The molecule has 3 rings (SSSR count). The SMILES string of the molecule is CCc1c(C(=O)O)c(=O)c2cc(Br)c(F)c(Cl)c2n1C1CC1. The number of benzene rings is 1. The lowest BCUT2D eigenvalue weighted by atomic mass is 10.0. The van der Waals surface area contributed by atoms with Crippen LogP contribution in [-0.4, -0.2) is 15.6 Å². The van der Waals surface area contributed by atoms with E-state index in [2.05, 4.69) is 15.9 Å². The molecule has 1 aliphatic rings. The number of hydrogen-bond donors (Lipinski definition) is 1. The Morgan fingerprint density at radius 2 is 2.18 bits per heavy atom. The fourth-order valence-corrected chi connectivity index (χ4v) is 3.65. The first-order valence-corrected chi connectivity index (χ1v) is 8.03. The molecule has 1 fully saturated rings. The zero-order valence-corrected chi connectivity index (χ0v) is 14.0. The number of carboxylic acid groups (broad SMARTS) is 1. The van der Waals surface area contributed by atoms with Crippen LogP contribution in [0.2, 0.25) is 5.02 Å². The lowest BCUT2D eigenvalue weighted by Crippen LogP contribution is -2.24. The number of rotatable bonds is 3. The molecule has 0 unspecified atom stereocenters. The molecule has 1 saturated carbocycles. The lowest BCUT2D eigenvalue weighted by Gasteiger charge is -2.19. The van der Waals surface area contributed by atoms with Gasteiger partial charge in [-0.2, -0.15) is 0 Å². The first-order valence-electron chi connectivity index (χ1n) is 6.86. The molecule has 1 aromatic heterocycles. The number of fused-ring (bicyclic) bond motifs is 1. The van der Waals surface area contributed by atoms with Crippen LogP contribution in [0.3, 0.4) is 0 Å². The Morgan fingerprint density at radius 1 is 1.55 bits per heavy atom. The molecule has 22 heavy (non-hydrogen) atoms. The number of aromatic nitrogens is 1. The summed E-state index contributed by atoms with van der Waals surface area (Å²) in [5, 5.41) is 9.40. The maximum Gasteiger partial charge on any atom is 0.341 e. The molecule has 0 aliphatic heterocycles. The van der Waals surface area contributed by atoms with Gasteiger partial charge in [0.25, 0.3) is 0 Å². The first kappa shape index (κ1) is 15.5. The van der Waals surface area contributed by atoms with Crippen LogP contribution >= 0.6 is 27.5 Å². The summed E-state index contributed by atoms with van der Waals surface area (Å²) in [6.07, 6.45) is 2.08. The summed E-state index contributed by atoms with van der Waals surface area (Å²) in [5.74, 6) is -1.91. The van der Waals surface area contributed by atoms with E-state index in [0.717, 1.165) is 12.8 Å². The number of aromatic carboxylic acids is 1. The number of nitrogens with zero attached hydrogens (tertiary/aromatic N) is 1. The standard InChI is InChI=1S/C15H12BrClFNO3/c1-2-9-10(15(21)22)14(20)7-5-8(16)12(18)11(17)13(7)19(9)6-3-4-6/h5-6H,2-4H2,1H3,(H,21,22). The predicted octanol–water partition coefficient (Wildman–Crippen LogP) is 4.15. The molecule has 1 heterocycles. The van der Waals surface area contributed by atoms with E-state index in [9.17, 15) is 19.1 Å². The normalized spacial score (nSPS) is 14.5. The van der Waals surface area contributed by atoms with Gasteiger partial charge in [-0.05, 0) is 41.3 Å². The Kier molecular flexibility index (Phi) is 3.77. The van der Waals surface area contributed by atoms with Gasteiger partial charge in [0.15, 0.2) is 5.82 Å². The minimum atomic E-state index is -1.27. The van der Waals surface area contributed by atoms with Crippen molar-refractivity contribution in [3.8, 4) is 0 Å². The highest BCUT2D eigenvalue weighted by Gasteiger charge is 2.32. The maximum atomic E-state index is 14.1. The largest absolute Gasteiger partial charge is 0.477 e. The summed E-state index contributed by atoms with van der Waals surface area (Å²) in [6, 6.07) is 1.37. The Labute approximate surface area is 138 Å². The molecule has 0 radical (unpaired) electrons. The van der Waals surface area contributed by atoms with Crippen molar-refractivity contribution in [3.05, 3.63) is 42.9 Å². The monoisotopic (exact) mass is 387 g/mol. The topological polar surface area (TPSA) is 59.3 Å². The minimum Gasteiger partial charge on any atom is -0.477 e. The molecule has 4 nitrogen and oxygen atoms in total. The van der Waals surface area contributed by atoms with Crippen molar-refractivity contribution in [1.29, 1.82) is 0 Å². The van der Waals surface area contributed by atoms with E-state index in [0.29, 0.717) is 12.1 Å². The molecule has 0 amide bonds. The Hall–Kier alpha value is -1.40. The number of carbonyl (C=O) groups is 1. The van der Waals surface area contributed by atoms with Gasteiger partial charge >= 0.3 is 5.97 Å². The van der Waals surface area contributed by atoms with Crippen molar-refractivity contribution in [1.82, 2.24) is 4.57 Å². The van der Waals surface area contributed by atoms with E-state index in [1.54, 1.807) is 11.5 Å². The van der Waals surface area contributed by atoms with Gasteiger partial charge in [-0.3, -0.25) is 4.79 Å². The Morgan fingerprint density at radius 3 is 2.68 bits per heavy atom. The molecule has 2 aromatic rings. The van der Waals surface area contributed by atoms with Gasteiger partial charge in [0.2, 0.25) is 5.43 Å². The van der Waals surface area contributed by atoms with Crippen molar-refractivity contribution < 1.29 is 14.3 Å². The maximum absolute atomic E-state index is 14.1. The molecule has 116 valence electrons. The van der Waals surface area contributed by atoms with Crippen LogP contribution in [0.25, 0.3) is 10.9 Å². The number of halogens is 3. The van der Waals surface area contributed by atoms with Crippen LogP contribution in [0.1, 0.15) is 41.9 Å². The van der Waals surface area contributed by atoms with Crippen LogP contribution < -0.4 is 5.43 Å². The molecule has 1 aliphatic carbocycles. The van der Waals surface area contributed by atoms with E-state index < -0.39 is 17.2 Å². The van der Waals surface area contributed by atoms with Crippen molar-refractivity contribution in [2.75, 3.05) is 0 Å². The number of carboxylic acids is 1. The van der Waals surface area contributed by atoms with Crippen molar-refractivity contribution in [2.45, 2.75) is 32.2 Å². The highest BCUT2D eigenvalue weighted by atomic mass is 79.9. The van der Waals surface area contributed by atoms with Gasteiger partial charge in [-0.25, -0.2) is 9.18 Å². The number of hydrogen-bond acceptors (Lipinski definition) is 2. The molecule has 1 aromatic carbocycles. The fraction of sp³-hybridized carbons (Fsp3) is 0.333. The quantitative estimate of drug-likeness (QED) is 0.804. The average molecular weight is 389 g/mol. The molecule has 0 saturated heterocycles. The van der Waals surface area contributed by atoms with Crippen LogP contribution in [0.5, 0.6) is 0 Å². The summed E-state index contributed by atoms with van der Waals surface area (Å²) in [4.78, 5) is 24.1. The van der Waals surface area contributed by atoms with E-state index in [-0.39, 0.29) is 32.0 Å². The predicted molar refractivity (Wildman–Crippen MR) is 85.5 cm³/mol. The summed E-state index contributed by atoms with van der Waals surface area (Å²) >= 11 is 9.15. The van der Waals surface area contributed by atoms with E-state index in [1.165, 1.54) is 6.07 Å². The highest BCUT2D eigenvalue weighted by Crippen LogP contribution is 2.42. The average Bonchev–Trinajstić information content (AvgIpc) is 3.29. The van der Waals surface area contributed by atoms with Crippen molar-refractivity contribution in [3.63, 3.8) is 0 Å². The van der Waals surface area contributed by atoms with E-state index in [1.807, 2.05) is 0 Å². The number of pyridine rings is 1. The molecule has 7 heteroatoms. The van der Waals surface area contributed by atoms with Gasteiger partial charge in [0.05, 0.1) is 9.99 Å². The lowest BCUT2D eigenvalue weighted by molar-refractivity contribution is 0.0693. The summed E-state index contributed by atoms with van der Waals surface area (Å²) in [6.45, 7) is 1.77. The van der Waals surface area contributed by atoms with Crippen molar-refractivity contribution >= 4 is 44.4 Å². The Balaban J connectivity index is 2.61. The first-order chi connectivity index (χ1) is 10.4. The molecular formula is C15H12BrClFNO3. The van der Waals surface area contributed by atoms with Gasteiger partial charge in [0.1, 0.15) is 10.6 Å². The minimum absolute atomic E-state index is 0.0463. The smallest absolute Gasteiger partial charge is 0.341 e. The van der Waals surface area contributed by atoms with E-state index in [4.69, 9.17) is 11.6 Å². The third kappa shape index (κ3) is 2.16. The third-order valence-electron chi connectivity index (χ3n) is 3.89. The summed E-state index contributed by atoms with van der Waals surface area (Å²) in [5.41, 5.74) is -0.192. The molecule has 0 bridgehead atoms. The van der Waals surface area contributed by atoms with Gasteiger partial charge in [-0.15, -0.1) is 0 Å². The second-order valence-corrected chi connectivity index (χ2v) is 6.53. The molecule has 1 N–H and O–H groups in total. The van der Waals surface area contributed by atoms with Gasteiger partial charge in [0, 0.05) is 17.1 Å². The second kappa shape index (κ2) is 5.35. The van der Waals surface area contributed by atoms with E-state index >= 15 is 0 Å². The molecule has 0 spiro atoms. The van der Waals surface area contributed by atoms with Crippen molar-refractivity contribution in [2.24, 2.45) is 0 Å². The zero-order valence-electron chi connectivity index (χ0n) is 11.6. The van der Waals surface area contributed by atoms with Crippen LogP contribution in [0, 0.1) is 5.82 Å². The van der Waals surface area contributed by atoms with Gasteiger partial charge in [-0.1, -0.05) is 18.5 Å². The molecule has 0 atom stereocenters. The third-order valence-corrected chi connectivity index (χ3v) is 4.81. The van der Waals surface area contributed by atoms with Crippen LogP contribution in [0.4, 0.5) is 4.39 Å². The second-order valence-electron chi connectivity index (χ2n) is 5.29. The zero-order chi connectivity index (χ0) is 16.2. The molecular weight excluding hydrogens is 377 g/mol. The fourth-order valence-electron chi connectivity index (χ4n) is 2.82. The van der Waals surface area contributed by atoms with Crippen LogP contribution in [-0.2, 0) is 6.42 Å².